The second-order valence-corrected chi connectivity index (χ2v) is 6.17. The van der Waals surface area contributed by atoms with Crippen molar-refractivity contribution in [3.05, 3.63) is 21.0 Å². The van der Waals surface area contributed by atoms with Gasteiger partial charge in [-0.15, -0.1) is 0 Å². The first-order valence-electron chi connectivity index (χ1n) is 6.49. The number of nitrogens with zero attached hydrogens (tertiary/aromatic N) is 3. The lowest BCUT2D eigenvalue weighted by Crippen LogP contribution is -2.30. The monoisotopic (exact) mass is 330 g/mol. The van der Waals surface area contributed by atoms with Crippen molar-refractivity contribution in [2.24, 2.45) is 5.92 Å². The second-order valence-electron chi connectivity index (χ2n) is 5.38. The summed E-state index contributed by atoms with van der Waals surface area (Å²) < 4.78 is 2.03. The average Bonchev–Trinajstić information content (AvgIpc) is 2.33. The quantitative estimate of drug-likeness (QED) is 0.867. The fraction of sp³-hybridized carbons (Fsp3) is 0.692. The largest absolute Gasteiger partial charge is 0.380 e. The van der Waals surface area contributed by atoms with Gasteiger partial charge in [-0.2, -0.15) is 5.10 Å². The summed E-state index contributed by atoms with van der Waals surface area (Å²) in [6.45, 7) is 7.74. The third kappa shape index (κ3) is 4.62. The van der Waals surface area contributed by atoms with Gasteiger partial charge in [-0.05, 0) is 42.9 Å². The van der Waals surface area contributed by atoms with E-state index in [0.29, 0.717) is 16.9 Å². The molecule has 19 heavy (non-hydrogen) atoms. The molecule has 0 aliphatic heterocycles. The van der Waals surface area contributed by atoms with Crippen molar-refractivity contribution in [2.75, 3.05) is 26.0 Å². The lowest BCUT2D eigenvalue weighted by Gasteiger charge is -2.19. The molecule has 1 rings (SSSR count). The molecule has 0 bridgehead atoms. The van der Waals surface area contributed by atoms with Gasteiger partial charge in [0.25, 0.3) is 5.56 Å². The molecule has 1 heterocycles. The molecule has 0 radical (unpaired) electrons. The Balaban J connectivity index is 2.88. The van der Waals surface area contributed by atoms with Crippen LogP contribution in [0.3, 0.4) is 0 Å². The zero-order chi connectivity index (χ0) is 14.6. The van der Waals surface area contributed by atoms with Crippen LogP contribution >= 0.6 is 15.9 Å². The highest BCUT2D eigenvalue weighted by atomic mass is 79.9. The van der Waals surface area contributed by atoms with E-state index in [-0.39, 0.29) is 11.6 Å². The molecule has 0 aliphatic rings. The van der Waals surface area contributed by atoms with Gasteiger partial charge in [-0.3, -0.25) is 4.79 Å². The standard InChI is InChI=1S/C13H23BrN4O/c1-9(2)10(3)16-11-8-15-18(7-6-17(4)5)13(19)12(11)14/h8-10,16H,6-7H2,1-5H3. The molecule has 0 saturated heterocycles. The number of rotatable bonds is 6. The smallest absolute Gasteiger partial charge is 0.283 e. The molecule has 1 unspecified atom stereocenters. The molecular formula is C13H23BrN4O. The Hall–Kier alpha value is -0.880. The molecule has 1 N–H and O–H groups in total. The normalized spacial score (nSPS) is 13.1. The van der Waals surface area contributed by atoms with Crippen LogP contribution in [0.15, 0.2) is 15.5 Å². The predicted octanol–water partition coefficient (Wildman–Crippen LogP) is 2.02. The average molecular weight is 331 g/mol. The van der Waals surface area contributed by atoms with Gasteiger partial charge in [-0.1, -0.05) is 13.8 Å². The number of likely N-dealkylation sites (N-methyl/N-ethyl adjacent to an activating group) is 1. The van der Waals surface area contributed by atoms with E-state index in [0.717, 1.165) is 12.2 Å². The summed E-state index contributed by atoms with van der Waals surface area (Å²) in [6, 6.07) is 0.287. The summed E-state index contributed by atoms with van der Waals surface area (Å²) >= 11 is 3.37. The van der Waals surface area contributed by atoms with Crippen LogP contribution in [0.5, 0.6) is 0 Å². The van der Waals surface area contributed by atoms with E-state index in [1.54, 1.807) is 6.20 Å². The van der Waals surface area contributed by atoms with Gasteiger partial charge in [0, 0.05) is 12.6 Å². The first kappa shape index (κ1) is 16.2. The molecule has 0 amide bonds. The third-order valence-corrected chi connectivity index (χ3v) is 3.89. The summed E-state index contributed by atoms with van der Waals surface area (Å²) in [6.07, 6.45) is 1.71. The minimum absolute atomic E-state index is 0.0946. The molecule has 1 aromatic rings. The number of halogens is 1. The van der Waals surface area contributed by atoms with E-state index in [1.807, 2.05) is 19.0 Å². The highest BCUT2D eigenvalue weighted by Crippen LogP contribution is 2.18. The Bertz CT molecular complexity index is 470. The van der Waals surface area contributed by atoms with E-state index >= 15 is 0 Å². The van der Waals surface area contributed by atoms with Crippen LogP contribution in [0.4, 0.5) is 5.69 Å². The SMILES string of the molecule is CC(C)C(C)Nc1cnn(CCN(C)C)c(=O)c1Br. The van der Waals surface area contributed by atoms with Crippen molar-refractivity contribution in [3.8, 4) is 0 Å². The fourth-order valence-electron chi connectivity index (χ4n) is 1.43. The van der Waals surface area contributed by atoms with Crippen LogP contribution in [-0.4, -0.2) is 41.4 Å². The lowest BCUT2D eigenvalue weighted by atomic mass is 10.1. The maximum atomic E-state index is 12.1. The number of anilines is 1. The number of hydrogen-bond donors (Lipinski definition) is 1. The van der Waals surface area contributed by atoms with Crippen LogP contribution in [0, 0.1) is 5.92 Å². The number of aromatic nitrogens is 2. The van der Waals surface area contributed by atoms with Gasteiger partial charge in [0.2, 0.25) is 0 Å². The Labute approximate surface area is 123 Å². The molecule has 6 heteroatoms. The van der Waals surface area contributed by atoms with Crippen molar-refractivity contribution >= 4 is 21.6 Å². The Kier molecular flexibility index (Phi) is 6.00. The summed E-state index contributed by atoms with van der Waals surface area (Å²) in [5.74, 6) is 0.489. The summed E-state index contributed by atoms with van der Waals surface area (Å²) in [5.41, 5.74) is 0.662. The third-order valence-electron chi connectivity index (χ3n) is 3.13. The van der Waals surface area contributed by atoms with Gasteiger partial charge in [0.1, 0.15) is 4.47 Å². The van der Waals surface area contributed by atoms with E-state index < -0.39 is 0 Å². The molecule has 0 aromatic carbocycles. The molecule has 5 nitrogen and oxygen atoms in total. The number of nitrogens with one attached hydrogen (secondary N) is 1. The van der Waals surface area contributed by atoms with Crippen molar-refractivity contribution < 1.29 is 0 Å². The lowest BCUT2D eigenvalue weighted by molar-refractivity contribution is 0.367. The number of hydrogen-bond acceptors (Lipinski definition) is 4. The van der Waals surface area contributed by atoms with E-state index in [9.17, 15) is 4.79 Å². The van der Waals surface area contributed by atoms with Gasteiger partial charge >= 0.3 is 0 Å². The van der Waals surface area contributed by atoms with Crippen molar-refractivity contribution in [2.45, 2.75) is 33.4 Å². The summed E-state index contributed by atoms with van der Waals surface area (Å²) in [4.78, 5) is 14.2. The molecule has 0 saturated carbocycles. The molecule has 108 valence electrons. The minimum Gasteiger partial charge on any atom is -0.380 e. The molecule has 1 atom stereocenters. The minimum atomic E-state index is -0.0946. The van der Waals surface area contributed by atoms with E-state index in [1.165, 1.54) is 4.68 Å². The predicted molar refractivity (Wildman–Crippen MR) is 82.7 cm³/mol. The first-order chi connectivity index (χ1) is 8.82. The molecule has 0 aliphatic carbocycles. The highest BCUT2D eigenvalue weighted by Gasteiger charge is 2.12. The molecule has 1 aromatic heterocycles. The van der Waals surface area contributed by atoms with Gasteiger partial charge in [-0.25, -0.2) is 4.68 Å². The molecule has 0 spiro atoms. The van der Waals surface area contributed by atoms with E-state index in [2.05, 4.69) is 47.1 Å². The first-order valence-corrected chi connectivity index (χ1v) is 7.29. The highest BCUT2D eigenvalue weighted by molar-refractivity contribution is 9.10. The van der Waals surface area contributed by atoms with Crippen LogP contribution in [0.1, 0.15) is 20.8 Å². The summed E-state index contributed by atoms with van der Waals surface area (Å²) in [5, 5.41) is 7.52. The van der Waals surface area contributed by atoms with E-state index in [4.69, 9.17) is 0 Å². The second kappa shape index (κ2) is 7.05. The van der Waals surface area contributed by atoms with Crippen LogP contribution in [-0.2, 0) is 6.54 Å². The summed E-state index contributed by atoms with van der Waals surface area (Å²) in [7, 11) is 3.95. The topological polar surface area (TPSA) is 50.2 Å². The van der Waals surface area contributed by atoms with Gasteiger partial charge < -0.3 is 10.2 Å². The van der Waals surface area contributed by atoms with Crippen LogP contribution in [0.25, 0.3) is 0 Å². The maximum absolute atomic E-state index is 12.1. The zero-order valence-corrected chi connectivity index (χ0v) is 13.9. The zero-order valence-electron chi connectivity index (χ0n) is 12.3. The Morgan fingerprint density at radius 1 is 1.42 bits per heavy atom. The van der Waals surface area contributed by atoms with Crippen molar-refractivity contribution in [3.63, 3.8) is 0 Å². The van der Waals surface area contributed by atoms with Crippen molar-refractivity contribution in [1.29, 1.82) is 0 Å². The maximum Gasteiger partial charge on any atom is 0.283 e. The van der Waals surface area contributed by atoms with Gasteiger partial charge in [0.15, 0.2) is 0 Å². The Morgan fingerprint density at radius 3 is 2.58 bits per heavy atom. The Morgan fingerprint density at radius 2 is 2.05 bits per heavy atom. The molecule has 0 fully saturated rings. The van der Waals surface area contributed by atoms with Gasteiger partial charge in [0.05, 0.1) is 18.4 Å². The van der Waals surface area contributed by atoms with Crippen LogP contribution < -0.4 is 10.9 Å². The van der Waals surface area contributed by atoms with Crippen LogP contribution in [0.2, 0.25) is 0 Å². The molecular weight excluding hydrogens is 308 g/mol. The van der Waals surface area contributed by atoms with Crippen molar-refractivity contribution in [1.82, 2.24) is 14.7 Å². The fourth-order valence-corrected chi connectivity index (χ4v) is 1.85.